The van der Waals surface area contributed by atoms with E-state index in [1.54, 1.807) is 0 Å². The minimum atomic E-state index is -0.189. The van der Waals surface area contributed by atoms with Crippen molar-refractivity contribution in [3.05, 3.63) is 70.6 Å². The molecule has 4 rings (SSSR count). The largest absolute Gasteiger partial charge is 0.346 e. The highest BCUT2D eigenvalue weighted by Crippen LogP contribution is 2.26. The van der Waals surface area contributed by atoms with Gasteiger partial charge in [0.25, 0.3) is 0 Å². The predicted octanol–water partition coefficient (Wildman–Crippen LogP) is 5.36. The Morgan fingerprint density at radius 2 is 1.87 bits per heavy atom. The molecule has 31 heavy (non-hydrogen) atoms. The molecular weight excluding hydrogens is 410 g/mol. The summed E-state index contributed by atoms with van der Waals surface area (Å²) in [6.45, 7) is 6.21. The average Bonchev–Trinajstić information content (AvgIpc) is 3.32. The fourth-order valence-corrected chi connectivity index (χ4v) is 3.89. The summed E-state index contributed by atoms with van der Waals surface area (Å²) < 4.78 is 0. The molecule has 0 fully saturated rings. The first-order valence-corrected chi connectivity index (χ1v) is 10.8. The molecule has 2 aromatic heterocycles. The topological polar surface area (TPSA) is 86.5 Å². The van der Waals surface area contributed by atoms with Crippen LogP contribution in [-0.4, -0.2) is 26.1 Å². The Bertz CT molecular complexity index is 1160. The summed E-state index contributed by atoms with van der Waals surface area (Å²) in [6.07, 6.45) is 1.02. The number of aromatic amines is 2. The molecule has 0 aliphatic rings. The number of para-hydroxylation sites is 2. The molecule has 0 saturated heterocycles. The van der Waals surface area contributed by atoms with Gasteiger partial charge in [-0.25, -0.2) is 4.98 Å². The van der Waals surface area contributed by atoms with E-state index in [4.69, 9.17) is 16.6 Å². The first-order chi connectivity index (χ1) is 14.9. The number of hydrogen-bond donors (Lipinski definition) is 3. The zero-order valence-corrected chi connectivity index (χ0v) is 18.6. The van der Waals surface area contributed by atoms with E-state index in [9.17, 15) is 4.79 Å². The minimum Gasteiger partial charge on any atom is -0.346 e. The second kappa shape index (κ2) is 8.94. The smallest absolute Gasteiger partial charge is 0.225 e. The molecule has 1 atom stereocenters. The van der Waals surface area contributed by atoms with Crippen molar-refractivity contribution in [2.75, 3.05) is 0 Å². The van der Waals surface area contributed by atoms with Crippen LogP contribution in [0.2, 0.25) is 5.02 Å². The van der Waals surface area contributed by atoms with Gasteiger partial charge >= 0.3 is 0 Å². The number of imidazole rings is 1. The van der Waals surface area contributed by atoms with Crippen molar-refractivity contribution in [3.8, 4) is 11.3 Å². The van der Waals surface area contributed by atoms with Crippen molar-refractivity contribution < 1.29 is 4.79 Å². The molecule has 0 aliphatic heterocycles. The lowest BCUT2D eigenvalue weighted by molar-refractivity contribution is -0.121. The molecular formula is C24H26ClN5O. The molecule has 3 N–H and O–H groups in total. The van der Waals surface area contributed by atoms with Gasteiger partial charge in [0.05, 0.1) is 29.2 Å². The number of carbonyl (C=O) groups is 1. The molecule has 4 aromatic rings. The summed E-state index contributed by atoms with van der Waals surface area (Å²) >= 11 is 6.01. The average molecular weight is 436 g/mol. The van der Waals surface area contributed by atoms with Gasteiger partial charge in [0.2, 0.25) is 5.91 Å². The van der Waals surface area contributed by atoms with Crippen molar-refractivity contribution in [3.63, 3.8) is 0 Å². The second-order valence-corrected chi connectivity index (χ2v) is 8.68. The summed E-state index contributed by atoms with van der Waals surface area (Å²) in [5.74, 6) is 1.12. The minimum absolute atomic E-state index is 0.0641. The van der Waals surface area contributed by atoms with Crippen LogP contribution in [0.5, 0.6) is 0 Å². The summed E-state index contributed by atoms with van der Waals surface area (Å²) in [7, 11) is 0. The maximum Gasteiger partial charge on any atom is 0.225 e. The molecule has 160 valence electrons. The predicted molar refractivity (Wildman–Crippen MR) is 124 cm³/mol. The number of rotatable bonds is 7. The molecule has 0 bridgehead atoms. The second-order valence-electron chi connectivity index (χ2n) is 8.25. The molecule has 2 heterocycles. The van der Waals surface area contributed by atoms with Gasteiger partial charge in [0.1, 0.15) is 5.82 Å². The summed E-state index contributed by atoms with van der Waals surface area (Å²) in [6, 6.07) is 15.2. The highest BCUT2D eigenvalue weighted by atomic mass is 35.5. The fourth-order valence-electron chi connectivity index (χ4n) is 3.77. The molecule has 0 aliphatic carbocycles. The van der Waals surface area contributed by atoms with Crippen LogP contribution in [0.3, 0.4) is 0 Å². The van der Waals surface area contributed by atoms with Crippen LogP contribution in [0, 0.1) is 12.8 Å². The number of hydrogen-bond acceptors (Lipinski definition) is 3. The Balaban J connectivity index is 1.56. The third kappa shape index (κ3) is 4.80. The van der Waals surface area contributed by atoms with E-state index in [1.165, 1.54) is 0 Å². The molecule has 2 aromatic carbocycles. The van der Waals surface area contributed by atoms with Gasteiger partial charge in [-0.1, -0.05) is 49.7 Å². The van der Waals surface area contributed by atoms with Gasteiger partial charge in [0, 0.05) is 21.8 Å². The van der Waals surface area contributed by atoms with Crippen LogP contribution >= 0.6 is 11.6 Å². The number of carbonyl (C=O) groups excluding carboxylic acids is 1. The number of aromatic nitrogens is 4. The zero-order chi connectivity index (χ0) is 22.0. The lowest BCUT2D eigenvalue weighted by Gasteiger charge is -2.19. The van der Waals surface area contributed by atoms with Crippen molar-refractivity contribution in [1.82, 2.24) is 25.5 Å². The van der Waals surface area contributed by atoms with E-state index in [0.29, 0.717) is 10.9 Å². The van der Waals surface area contributed by atoms with Gasteiger partial charge in [-0.2, -0.15) is 5.10 Å². The zero-order valence-electron chi connectivity index (χ0n) is 17.9. The molecule has 1 amide bonds. The third-order valence-electron chi connectivity index (χ3n) is 5.31. The van der Waals surface area contributed by atoms with Gasteiger partial charge in [-0.15, -0.1) is 0 Å². The van der Waals surface area contributed by atoms with Crippen molar-refractivity contribution >= 4 is 28.5 Å². The number of H-pyrrole nitrogens is 2. The normalized spacial score (nSPS) is 12.4. The summed E-state index contributed by atoms with van der Waals surface area (Å²) in [5.41, 5.74) is 5.32. The number of nitrogens with zero attached hydrogens (tertiary/aromatic N) is 2. The van der Waals surface area contributed by atoms with E-state index in [2.05, 4.69) is 34.3 Å². The van der Waals surface area contributed by atoms with E-state index in [1.807, 2.05) is 55.5 Å². The van der Waals surface area contributed by atoms with Gasteiger partial charge in [-0.3, -0.25) is 9.89 Å². The SMILES string of the molecule is Cc1[nH]nc(-c2ccc(Cl)cc2)c1CC(=O)N[C@@H](CC(C)C)c1nc2ccccc2[nH]1. The molecule has 0 saturated carbocycles. The van der Waals surface area contributed by atoms with Crippen molar-refractivity contribution in [1.29, 1.82) is 0 Å². The fraction of sp³-hybridized carbons (Fsp3) is 0.292. The maximum atomic E-state index is 13.1. The first kappa shape index (κ1) is 21.1. The molecule has 0 radical (unpaired) electrons. The summed E-state index contributed by atoms with van der Waals surface area (Å²) in [4.78, 5) is 21.1. The summed E-state index contributed by atoms with van der Waals surface area (Å²) in [5, 5.41) is 11.3. The Labute approximate surface area is 186 Å². The first-order valence-electron chi connectivity index (χ1n) is 10.4. The molecule has 6 nitrogen and oxygen atoms in total. The Hall–Kier alpha value is -3.12. The van der Waals surface area contributed by atoms with E-state index in [0.717, 1.165) is 45.8 Å². The number of halogens is 1. The third-order valence-corrected chi connectivity index (χ3v) is 5.56. The number of amides is 1. The van der Waals surface area contributed by atoms with E-state index < -0.39 is 0 Å². The van der Waals surface area contributed by atoms with E-state index >= 15 is 0 Å². The quantitative estimate of drug-likeness (QED) is 0.365. The molecule has 0 spiro atoms. The highest BCUT2D eigenvalue weighted by molar-refractivity contribution is 6.30. The van der Waals surface area contributed by atoms with Crippen LogP contribution < -0.4 is 5.32 Å². The Morgan fingerprint density at radius 3 is 2.58 bits per heavy atom. The number of aryl methyl sites for hydroxylation is 1. The molecule has 7 heteroatoms. The standard InChI is InChI=1S/C24H26ClN5O/c1-14(2)12-21(24-27-19-6-4-5-7-20(19)28-24)26-22(31)13-18-15(3)29-30-23(18)16-8-10-17(25)11-9-16/h4-11,14,21H,12-13H2,1-3H3,(H,26,31)(H,27,28)(H,29,30)/t21-/m0/s1. The van der Waals surface area contributed by atoms with Crippen LogP contribution in [-0.2, 0) is 11.2 Å². The van der Waals surface area contributed by atoms with Gasteiger partial charge in [0.15, 0.2) is 0 Å². The lowest BCUT2D eigenvalue weighted by atomic mass is 10.0. The van der Waals surface area contributed by atoms with Crippen LogP contribution in [0.15, 0.2) is 48.5 Å². The van der Waals surface area contributed by atoms with Crippen LogP contribution in [0.1, 0.15) is 43.4 Å². The maximum absolute atomic E-state index is 13.1. The number of benzene rings is 2. The number of nitrogens with one attached hydrogen (secondary N) is 3. The van der Waals surface area contributed by atoms with Gasteiger partial charge in [-0.05, 0) is 43.5 Å². The van der Waals surface area contributed by atoms with Crippen molar-refractivity contribution in [2.24, 2.45) is 5.92 Å². The van der Waals surface area contributed by atoms with Crippen molar-refractivity contribution in [2.45, 2.75) is 39.7 Å². The Kier molecular flexibility index (Phi) is 6.09. The number of fused-ring (bicyclic) bond motifs is 1. The molecule has 0 unspecified atom stereocenters. The van der Waals surface area contributed by atoms with Gasteiger partial charge < -0.3 is 10.3 Å². The van der Waals surface area contributed by atoms with E-state index in [-0.39, 0.29) is 18.4 Å². The highest BCUT2D eigenvalue weighted by Gasteiger charge is 2.22. The Morgan fingerprint density at radius 1 is 1.13 bits per heavy atom. The monoisotopic (exact) mass is 435 g/mol. The van der Waals surface area contributed by atoms with Crippen LogP contribution in [0.4, 0.5) is 0 Å². The lowest BCUT2D eigenvalue weighted by Crippen LogP contribution is -2.31. The van der Waals surface area contributed by atoms with Crippen LogP contribution in [0.25, 0.3) is 22.3 Å².